The Labute approximate surface area is 95.0 Å². The SMILES string of the molecule is COc1c(Br)cnc2c(Cl)cccc12. The quantitative estimate of drug-likeness (QED) is 0.790. The molecule has 0 amide bonds. The average molecular weight is 273 g/mol. The molecule has 14 heavy (non-hydrogen) atoms. The lowest BCUT2D eigenvalue weighted by atomic mass is 10.2. The first-order valence-electron chi connectivity index (χ1n) is 4.00. The molecule has 0 saturated carbocycles. The maximum Gasteiger partial charge on any atom is 0.144 e. The molecule has 4 heteroatoms. The van der Waals surface area contributed by atoms with Gasteiger partial charge in [-0.1, -0.05) is 17.7 Å². The summed E-state index contributed by atoms with van der Waals surface area (Å²) in [6, 6.07) is 5.61. The van der Waals surface area contributed by atoms with Crippen LogP contribution in [0.4, 0.5) is 0 Å². The molecule has 0 unspecified atom stereocenters. The van der Waals surface area contributed by atoms with Crippen LogP contribution in [-0.4, -0.2) is 12.1 Å². The summed E-state index contributed by atoms with van der Waals surface area (Å²) in [5.74, 6) is 0.762. The fraction of sp³-hybridized carbons (Fsp3) is 0.100. The van der Waals surface area contributed by atoms with Crippen LogP contribution >= 0.6 is 27.5 Å². The third-order valence-corrected chi connectivity index (χ3v) is 2.83. The minimum Gasteiger partial charge on any atom is -0.495 e. The van der Waals surface area contributed by atoms with Gasteiger partial charge in [-0.25, -0.2) is 0 Å². The molecule has 2 aromatic rings. The molecule has 0 saturated heterocycles. The molecule has 1 aromatic carbocycles. The number of rotatable bonds is 1. The predicted molar refractivity (Wildman–Crippen MR) is 61.0 cm³/mol. The highest BCUT2D eigenvalue weighted by Gasteiger charge is 2.08. The van der Waals surface area contributed by atoms with Gasteiger partial charge in [0.15, 0.2) is 0 Å². The zero-order chi connectivity index (χ0) is 10.1. The monoisotopic (exact) mass is 271 g/mol. The van der Waals surface area contributed by atoms with Crippen molar-refractivity contribution in [3.05, 3.63) is 33.9 Å². The molecule has 0 bridgehead atoms. The fourth-order valence-corrected chi connectivity index (χ4v) is 2.05. The largest absolute Gasteiger partial charge is 0.495 e. The minimum absolute atomic E-state index is 0.633. The van der Waals surface area contributed by atoms with E-state index in [4.69, 9.17) is 16.3 Å². The van der Waals surface area contributed by atoms with Crippen molar-refractivity contribution in [1.82, 2.24) is 4.98 Å². The molecule has 2 nitrogen and oxygen atoms in total. The van der Waals surface area contributed by atoms with Crippen molar-refractivity contribution in [2.75, 3.05) is 7.11 Å². The third kappa shape index (κ3) is 1.47. The molecule has 1 aromatic heterocycles. The van der Waals surface area contributed by atoms with Crippen LogP contribution in [0.3, 0.4) is 0 Å². The number of para-hydroxylation sites is 1. The van der Waals surface area contributed by atoms with E-state index in [9.17, 15) is 0 Å². The average Bonchev–Trinajstić information content (AvgIpc) is 2.18. The summed E-state index contributed by atoms with van der Waals surface area (Å²) >= 11 is 9.38. The fourth-order valence-electron chi connectivity index (χ4n) is 1.35. The lowest BCUT2D eigenvalue weighted by molar-refractivity contribution is 0.417. The van der Waals surface area contributed by atoms with Gasteiger partial charge in [0.1, 0.15) is 5.75 Å². The molecule has 0 aliphatic rings. The summed E-state index contributed by atoms with van der Waals surface area (Å²) in [6.07, 6.45) is 1.69. The van der Waals surface area contributed by atoms with Gasteiger partial charge in [-0.3, -0.25) is 4.98 Å². The molecule has 0 radical (unpaired) electrons. The Morgan fingerprint density at radius 1 is 1.43 bits per heavy atom. The van der Waals surface area contributed by atoms with E-state index < -0.39 is 0 Å². The topological polar surface area (TPSA) is 22.1 Å². The van der Waals surface area contributed by atoms with E-state index in [0.717, 1.165) is 21.1 Å². The molecule has 1 heterocycles. The number of hydrogen-bond acceptors (Lipinski definition) is 2. The van der Waals surface area contributed by atoms with Crippen molar-refractivity contribution in [1.29, 1.82) is 0 Å². The van der Waals surface area contributed by atoms with Crippen LogP contribution in [0.5, 0.6) is 5.75 Å². The van der Waals surface area contributed by atoms with Crippen LogP contribution in [0.2, 0.25) is 5.02 Å². The molecule has 0 N–H and O–H groups in total. The maximum atomic E-state index is 6.00. The highest BCUT2D eigenvalue weighted by molar-refractivity contribution is 9.10. The van der Waals surface area contributed by atoms with E-state index in [1.54, 1.807) is 13.3 Å². The van der Waals surface area contributed by atoms with Crippen LogP contribution in [0, 0.1) is 0 Å². The zero-order valence-corrected chi connectivity index (χ0v) is 9.76. The molecular formula is C10H7BrClNO. The molecular weight excluding hydrogens is 265 g/mol. The molecule has 72 valence electrons. The first-order chi connectivity index (χ1) is 6.74. The molecule has 0 fully saturated rings. The number of hydrogen-bond donors (Lipinski definition) is 0. The van der Waals surface area contributed by atoms with Crippen LogP contribution in [0.15, 0.2) is 28.9 Å². The summed E-state index contributed by atoms with van der Waals surface area (Å²) < 4.78 is 6.10. The van der Waals surface area contributed by atoms with Gasteiger partial charge in [0.05, 0.1) is 22.1 Å². The van der Waals surface area contributed by atoms with E-state index >= 15 is 0 Å². The van der Waals surface area contributed by atoms with Crippen LogP contribution in [0.1, 0.15) is 0 Å². The van der Waals surface area contributed by atoms with E-state index in [1.807, 2.05) is 18.2 Å². The second kappa shape index (κ2) is 3.75. The van der Waals surface area contributed by atoms with Gasteiger partial charge in [-0.15, -0.1) is 0 Å². The zero-order valence-electron chi connectivity index (χ0n) is 7.42. The third-order valence-electron chi connectivity index (χ3n) is 1.96. The molecule has 0 spiro atoms. The Balaban J connectivity index is 2.88. The number of benzene rings is 1. The van der Waals surface area contributed by atoms with E-state index in [2.05, 4.69) is 20.9 Å². The van der Waals surface area contributed by atoms with Gasteiger partial charge in [0.25, 0.3) is 0 Å². The Kier molecular flexibility index (Phi) is 2.61. The standard InChI is InChI=1S/C10H7BrClNO/c1-14-10-6-3-2-4-8(12)9(6)13-5-7(10)11/h2-5H,1H3. The number of halogens is 2. The van der Waals surface area contributed by atoms with E-state index in [0.29, 0.717) is 5.02 Å². The molecule has 0 aliphatic carbocycles. The van der Waals surface area contributed by atoms with Crippen molar-refractivity contribution >= 4 is 38.4 Å². The number of nitrogens with zero attached hydrogens (tertiary/aromatic N) is 1. The molecule has 2 rings (SSSR count). The number of methoxy groups -OCH3 is 1. The summed E-state index contributed by atoms with van der Waals surface area (Å²) in [7, 11) is 1.63. The van der Waals surface area contributed by atoms with Crippen molar-refractivity contribution in [3.8, 4) is 5.75 Å². The first kappa shape index (κ1) is 9.74. The van der Waals surface area contributed by atoms with Gasteiger partial charge in [-0.2, -0.15) is 0 Å². The smallest absolute Gasteiger partial charge is 0.144 e. The second-order valence-corrected chi connectivity index (χ2v) is 4.04. The van der Waals surface area contributed by atoms with E-state index in [-0.39, 0.29) is 0 Å². The minimum atomic E-state index is 0.633. The second-order valence-electron chi connectivity index (χ2n) is 2.78. The van der Waals surface area contributed by atoms with Crippen molar-refractivity contribution in [2.45, 2.75) is 0 Å². The van der Waals surface area contributed by atoms with Crippen LogP contribution in [-0.2, 0) is 0 Å². The Morgan fingerprint density at radius 2 is 2.21 bits per heavy atom. The lowest BCUT2D eigenvalue weighted by Gasteiger charge is -2.07. The van der Waals surface area contributed by atoms with Crippen molar-refractivity contribution in [3.63, 3.8) is 0 Å². The summed E-state index contributed by atoms with van der Waals surface area (Å²) in [6.45, 7) is 0. The van der Waals surface area contributed by atoms with Crippen LogP contribution < -0.4 is 4.74 Å². The summed E-state index contributed by atoms with van der Waals surface area (Å²) in [5.41, 5.74) is 0.759. The summed E-state index contributed by atoms with van der Waals surface area (Å²) in [5, 5.41) is 1.54. The van der Waals surface area contributed by atoms with Crippen LogP contribution in [0.25, 0.3) is 10.9 Å². The highest BCUT2D eigenvalue weighted by atomic mass is 79.9. The Hall–Kier alpha value is -0.800. The number of pyridine rings is 1. The summed E-state index contributed by atoms with van der Waals surface area (Å²) in [4.78, 5) is 4.23. The number of aromatic nitrogens is 1. The highest BCUT2D eigenvalue weighted by Crippen LogP contribution is 2.34. The Morgan fingerprint density at radius 3 is 2.93 bits per heavy atom. The Bertz CT molecular complexity index is 487. The van der Waals surface area contributed by atoms with Gasteiger partial charge >= 0.3 is 0 Å². The predicted octanol–water partition coefficient (Wildman–Crippen LogP) is 3.66. The normalized spacial score (nSPS) is 10.5. The van der Waals surface area contributed by atoms with Crippen molar-refractivity contribution < 1.29 is 4.74 Å². The maximum absolute atomic E-state index is 6.00. The van der Waals surface area contributed by atoms with Gasteiger partial charge in [0.2, 0.25) is 0 Å². The first-order valence-corrected chi connectivity index (χ1v) is 5.18. The molecule has 0 aliphatic heterocycles. The molecule has 0 atom stereocenters. The lowest BCUT2D eigenvalue weighted by Crippen LogP contribution is -1.89. The number of fused-ring (bicyclic) bond motifs is 1. The van der Waals surface area contributed by atoms with Gasteiger partial charge in [0, 0.05) is 11.6 Å². The van der Waals surface area contributed by atoms with Gasteiger partial charge < -0.3 is 4.74 Å². The van der Waals surface area contributed by atoms with Crippen molar-refractivity contribution in [2.24, 2.45) is 0 Å². The van der Waals surface area contributed by atoms with E-state index in [1.165, 1.54) is 0 Å². The number of ether oxygens (including phenoxy) is 1. The van der Waals surface area contributed by atoms with Gasteiger partial charge in [-0.05, 0) is 28.1 Å².